The van der Waals surface area contributed by atoms with Crippen molar-refractivity contribution < 1.29 is 42.9 Å². The number of aromatic nitrogens is 4. The zero-order valence-corrected chi connectivity index (χ0v) is 36.2. The molecule has 6 rings (SSSR count). The van der Waals surface area contributed by atoms with E-state index in [1.165, 1.54) is 21.8 Å². The first-order valence-corrected chi connectivity index (χ1v) is 21.4. The first kappa shape index (κ1) is 47.0. The van der Waals surface area contributed by atoms with Crippen LogP contribution in [0.2, 0.25) is 0 Å². The number of piperazine rings is 1. The first-order chi connectivity index (χ1) is 31.3. The van der Waals surface area contributed by atoms with Gasteiger partial charge in [0.1, 0.15) is 36.3 Å². The number of benzene rings is 3. The summed E-state index contributed by atoms with van der Waals surface area (Å²) in [5.41, 5.74) is 7.11. The summed E-state index contributed by atoms with van der Waals surface area (Å²) in [5.74, 6) is -2.46. The number of fused-ring (bicyclic) bond motifs is 1. The number of hydrogen-bond acceptors (Lipinski definition) is 11. The van der Waals surface area contributed by atoms with Crippen molar-refractivity contribution in [3.05, 3.63) is 118 Å². The van der Waals surface area contributed by atoms with Crippen LogP contribution in [0.5, 0.6) is 0 Å². The van der Waals surface area contributed by atoms with Crippen molar-refractivity contribution in [2.45, 2.75) is 77.8 Å². The molecule has 0 aliphatic carbocycles. The number of unbranched alkanes of at least 4 members (excludes halogenated alkanes) is 1. The summed E-state index contributed by atoms with van der Waals surface area (Å²) in [6, 6.07) is 16.6. The highest BCUT2D eigenvalue weighted by molar-refractivity contribution is 5.94. The van der Waals surface area contributed by atoms with Crippen molar-refractivity contribution in [1.82, 2.24) is 35.1 Å². The normalized spacial score (nSPS) is 13.5. The number of carboxylic acids is 1. The Morgan fingerprint density at radius 3 is 2.28 bits per heavy atom. The van der Waals surface area contributed by atoms with Gasteiger partial charge in [-0.2, -0.15) is 0 Å². The maximum absolute atomic E-state index is 15.4. The van der Waals surface area contributed by atoms with E-state index in [1.54, 1.807) is 46.9 Å². The van der Waals surface area contributed by atoms with E-state index in [0.29, 0.717) is 41.8 Å². The maximum atomic E-state index is 15.4. The van der Waals surface area contributed by atoms with Crippen LogP contribution >= 0.6 is 0 Å². The third-order valence-electron chi connectivity index (χ3n) is 11.0. The van der Waals surface area contributed by atoms with Gasteiger partial charge in [0.25, 0.3) is 0 Å². The van der Waals surface area contributed by atoms with E-state index in [-0.39, 0.29) is 63.4 Å². The van der Waals surface area contributed by atoms with Crippen LogP contribution in [0.25, 0.3) is 10.9 Å². The van der Waals surface area contributed by atoms with Crippen molar-refractivity contribution in [2.75, 3.05) is 42.9 Å². The molecule has 0 radical (unpaired) electrons. The zero-order valence-electron chi connectivity index (χ0n) is 36.2. The number of primary amides is 1. The molecule has 5 amide bonds. The number of nitrogens with one attached hydrogen (secondary N) is 3. The average Bonchev–Trinajstić information content (AvgIpc) is 3.79. The van der Waals surface area contributed by atoms with E-state index in [4.69, 9.17) is 15.2 Å². The molecule has 344 valence electrons. The monoisotopic (exact) mass is 896 g/mol. The number of anilines is 2. The number of pyridine rings is 1. The number of nitrogens with zero attached hydrogens (tertiary/aromatic N) is 6. The molecule has 1 aliphatic heterocycles. The second kappa shape index (κ2) is 22.2. The van der Waals surface area contributed by atoms with Gasteiger partial charge in [0.2, 0.25) is 11.3 Å². The topological polar surface area (TPSA) is 245 Å². The van der Waals surface area contributed by atoms with Crippen molar-refractivity contribution >= 4 is 52.4 Å². The first-order valence-electron chi connectivity index (χ1n) is 21.4. The lowest BCUT2D eigenvalue weighted by Gasteiger charge is -2.35. The number of carbonyl (C=O) groups excluding carboxylic acids is 4. The number of aryl methyl sites for hydroxylation is 1. The van der Waals surface area contributed by atoms with Crippen LogP contribution in [-0.4, -0.2) is 92.4 Å². The fraction of sp³-hybridized carbons (Fsp3) is 0.378. The Morgan fingerprint density at radius 2 is 1.60 bits per heavy atom. The molecule has 1 fully saturated rings. The minimum absolute atomic E-state index is 0.0240. The lowest BCUT2D eigenvalue weighted by molar-refractivity contribution is -0.119. The van der Waals surface area contributed by atoms with Crippen LogP contribution in [0.3, 0.4) is 0 Å². The summed E-state index contributed by atoms with van der Waals surface area (Å²) in [5, 5.41) is 26.3. The Balaban J connectivity index is 1.04. The molecule has 6 N–H and O–H groups in total. The number of rotatable bonds is 19. The summed E-state index contributed by atoms with van der Waals surface area (Å²) >= 11 is 0. The third-order valence-corrected chi connectivity index (χ3v) is 11.0. The minimum Gasteiger partial charge on any atom is -0.477 e. The van der Waals surface area contributed by atoms with Gasteiger partial charge in [0.15, 0.2) is 0 Å². The molecule has 2 unspecified atom stereocenters. The highest BCUT2D eigenvalue weighted by Crippen LogP contribution is 2.27. The summed E-state index contributed by atoms with van der Waals surface area (Å²) in [7, 11) is 0. The van der Waals surface area contributed by atoms with Gasteiger partial charge in [-0.1, -0.05) is 67.4 Å². The Morgan fingerprint density at radius 1 is 0.892 bits per heavy atom. The van der Waals surface area contributed by atoms with Crippen LogP contribution in [0.15, 0.2) is 83.9 Å². The van der Waals surface area contributed by atoms with Gasteiger partial charge in [-0.05, 0) is 61.6 Å². The molecule has 0 spiro atoms. The van der Waals surface area contributed by atoms with Crippen LogP contribution < -0.4 is 32.0 Å². The number of carboxylic acid groups (broad SMARTS) is 1. The summed E-state index contributed by atoms with van der Waals surface area (Å²) in [6.45, 7) is 5.50. The number of halogens is 1. The Hall–Kier alpha value is -7.51. The molecule has 19 nitrogen and oxygen atoms in total. The summed E-state index contributed by atoms with van der Waals surface area (Å²) in [4.78, 5) is 78.6. The molecule has 0 bridgehead atoms. The Labute approximate surface area is 373 Å². The van der Waals surface area contributed by atoms with Gasteiger partial charge >= 0.3 is 24.2 Å². The SMILES string of the molecule is CCCCC(NC(=O)OCc1ccccc1)c1cn(C(CCCNC(N)=O)C(=O)Nc2ccc(COC(=O)N3CCN(c4cc5c(cc4F)c(=O)c(C(=O)O)cn5CC)CC3)cc2)nn1. The zero-order chi connectivity index (χ0) is 46.5. The van der Waals surface area contributed by atoms with Gasteiger partial charge in [0, 0.05) is 56.5 Å². The number of hydrogen-bond donors (Lipinski definition) is 5. The predicted molar refractivity (Wildman–Crippen MR) is 238 cm³/mol. The number of alkyl carbamates (subject to hydrolysis) is 1. The molecular weight excluding hydrogens is 844 g/mol. The van der Waals surface area contributed by atoms with Crippen molar-refractivity contribution in [2.24, 2.45) is 5.73 Å². The van der Waals surface area contributed by atoms with Crippen LogP contribution in [0.1, 0.15) is 85.2 Å². The molecule has 3 aromatic carbocycles. The molecule has 65 heavy (non-hydrogen) atoms. The lowest BCUT2D eigenvalue weighted by Crippen LogP contribution is -2.49. The average molecular weight is 897 g/mol. The molecule has 0 saturated carbocycles. The van der Waals surface area contributed by atoms with Crippen LogP contribution in [-0.2, 0) is 34.0 Å². The van der Waals surface area contributed by atoms with E-state index in [9.17, 15) is 33.9 Å². The number of amides is 5. The van der Waals surface area contributed by atoms with E-state index in [0.717, 1.165) is 24.5 Å². The number of urea groups is 1. The quantitative estimate of drug-likeness (QED) is 0.0628. The highest BCUT2D eigenvalue weighted by Gasteiger charge is 2.27. The largest absolute Gasteiger partial charge is 0.477 e. The molecule has 3 heterocycles. The second-order valence-electron chi connectivity index (χ2n) is 15.5. The van der Waals surface area contributed by atoms with Gasteiger partial charge in [-0.3, -0.25) is 9.59 Å². The number of carbonyl (C=O) groups is 5. The van der Waals surface area contributed by atoms with Gasteiger partial charge < -0.3 is 50.6 Å². The molecule has 2 aromatic heterocycles. The predicted octanol–water partition coefficient (Wildman–Crippen LogP) is 5.70. The molecule has 1 aliphatic rings. The summed E-state index contributed by atoms with van der Waals surface area (Å²) in [6.07, 6.45) is 4.57. The minimum atomic E-state index is -1.38. The summed E-state index contributed by atoms with van der Waals surface area (Å²) < 4.78 is 29.4. The molecule has 1 saturated heterocycles. The van der Waals surface area contributed by atoms with Crippen molar-refractivity contribution in [3.63, 3.8) is 0 Å². The number of ether oxygens (including phenoxy) is 2. The molecule has 5 aromatic rings. The molecule has 20 heteroatoms. The molecular formula is C45H53FN10O9. The highest BCUT2D eigenvalue weighted by atomic mass is 19.1. The van der Waals surface area contributed by atoms with E-state index in [1.807, 2.05) is 37.3 Å². The fourth-order valence-electron chi connectivity index (χ4n) is 7.43. The maximum Gasteiger partial charge on any atom is 0.410 e. The molecule has 2 atom stereocenters. The Kier molecular flexibility index (Phi) is 16.1. The fourth-order valence-corrected chi connectivity index (χ4v) is 7.43. The van der Waals surface area contributed by atoms with Crippen LogP contribution in [0, 0.1) is 5.82 Å². The standard InChI is InChI=1S/C45H53FN10O9/c1-3-5-12-35(50-44(62)64-27-29-10-7-6-8-11-29)36-26-56(52-51-36)37(13-9-18-48-43(47)61)41(58)49-31-16-14-30(15-17-31)28-65-45(63)55-21-19-54(20-22-55)39-24-38-32(23-34(39)46)40(57)33(42(59)60)25-53(38)4-2/h6-8,10-11,14-17,23-26,35,37H,3-5,9,12-13,18-22,27-28H2,1-2H3,(H,49,58)(H,50,62)(H,59,60)(H3,47,48,61). The van der Waals surface area contributed by atoms with E-state index >= 15 is 4.39 Å². The van der Waals surface area contributed by atoms with E-state index < -0.39 is 59.0 Å². The van der Waals surface area contributed by atoms with Gasteiger partial charge in [-0.15, -0.1) is 5.10 Å². The van der Waals surface area contributed by atoms with Gasteiger partial charge in [-0.25, -0.2) is 28.3 Å². The smallest absolute Gasteiger partial charge is 0.410 e. The second-order valence-corrected chi connectivity index (χ2v) is 15.5. The third kappa shape index (κ3) is 12.4. The Bertz CT molecular complexity index is 2530. The lowest BCUT2D eigenvalue weighted by atomic mass is 10.1. The van der Waals surface area contributed by atoms with Gasteiger partial charge in [0.05, 0.1) is 23.4 Å². The van der Waals surface area contributed by atoms with E-state index in [2.05, 4.69) is 26.3 Å². The van der Waals surface area contributed by atoms with Crippen molar-refractivity contribution in [1.29, 1.82) is 0 Å². The van der Waals surface area contributed by atoms with Crippen molar-refractivity contribution in [3.8, 4) is 0 Å². The number of nitrogens with two attached hydrogens (primary N) is 1. The number of aromatic carboxylic acids is 1. The van der Waals surface area contributed by atoms with Crippen LogP contribution in [0.4, 0.5) is 30.1 Å².